The van der Waals surface area contributed by atoms with E-state index in [1.165, 1.54) is 13.2 Å². The first-order chi connectivity index (χ1) is 11.3. The first kappa shape index (κ1) is 18.3. The summed E-state index contributed by atoms with van der Waals surface area (Å²) >= 11 is 11.2. The molecule has 0 unspecified atom stereocenters. The van der Waals surface area contributed by atoms with Gasteiger partial charge in [0.25, 0.3) is 0 Å². The van der Waals surface area contributed by atoms with Gasteiger partial charge in [-0.2, -0.15) is 13.2 Å². The summed E-state index contributed by atoms with van der Waals surface area (Å²) in [4.78, 5) is 0. The van der Waals surface area contributed by atoms with Gasteiger partial charge in [-0.1, -0.05) is 53.2 Å². The van der Waals surface area contributed by atoms with Gasteiger partial charge in [0.15, 0.2) is 0 Å². The number of hydrogen-bond acceptors (Lipinski definition) is 1. The molecule has 0 fully saturated rings. The molecule has 6 heteroatoms. The van der Waals surface area contributed by atoms with Gasteiger partial charge in [-0.05, 0) is 29.8 Å². The minimum Gasteiger partial charge on any atom is -0.495 e. The minimum atomic E-state index is -4.60. The third-order valence-electron chi connectivity index (χ3n) is 3.01. The third-order valence-corrected chi connectivity index (χ3v) is 3.57. The molecule has 2 aromatic rings. The van der Waals surface area contributed by atoms with Crippen LogP contribution in [0.5, 0.6) is 5.75 Å². The maximum absolute atomic E-state index is 12.6. The molecule has 2 rings (SSSR count). The number of hydrogen-bond donors (Lipinski definition) is 0. The molecule has 1 nitrogen and oxygen atoms in total. The molecule has 0 aliphatic carbocycles. The van der Waals surface area contributed by atoms with Crippen molar-refractivity contribution in [3.8, 4) is 17.6 Å². The van der Waals surface area contributed by atoms with Crippen molar-refractivity contribution in [2.75, 3.05) is 7.11 Å². The summed E-state index contributed by atoms with van der Waals surface area (Å²) in [6.07, 6.45) is -3.74. The monoisotopic (exact) mass is 370 g/mol. The van der Waals surface area contributed by atoms with Crippen molar-refractivity contribution in [1.82, 2.24) is 0 Å². The fraction of sp³-hybridized carbons (Fsp3) is 0.111. The van der Waals surface area contributed by atoms with Crippen LogP contribution in [-0.4, -0.2) is 13.3 Å². The highest BCUT2D eigenvalue weighted by Crippen LogP contribution is 2.31. The van der Waals surface area contributed by atoms with E-state index >= 15 is 0 Å². The molecule has 0 atom stereocenters. The van der Waals surface area contributed by atoms with E-state index in [0.717, 1.165) is 6.08 Å². The van der Waals surface area contributed by atoms with Crippen molar-refractivity contribution in [1.29, 1.82) is 0 Å². The van der Waals surface area contributed by atoms with Gasteiger partial charge >= 0.3 is 6.18 Å². The number of alkyl halides is 3. The maximum Gasteiger partial charge on any atom is 0.426 e. The number of halogens is 5. The van der Waals surface area contributed by atoms with Crippen molar-refractivity contribution < 1.29 is 17.9 Å². The zero-order chi connectivity index (χ0) is 17.7. The van der Waals surface area contributed by atoms with Gasteiger partial charge in [0.2, 0.25) is 0 Å². The van der Waals surface area contributed by atoms with Crippen LogP contribution >= 0.6 is 23.2 Å². The number of benzene rings is 2. The molecule has 0 aliphatic heterocycles. The first-order valence-corrected chi connectivity index (χ1v) is 7.46. The van der Waals surface area contributed by atoms with Crippen LogP contribution in [0.25, 0.3) is 6.08 Å². The molecule has 0 N–H and O–H groups in total. The molecule has 24 heavy (non-hydrogen) atoms. The Kier molecular flexibility index (Phi) is 5.82. The lowest BCUT2D eigenvalue weighted by molar-refractivity contribution is -0.0836. The number of ether oxygens (including phenoxy) is 1. The van der Waals surface area contributed by atoms with E-state index in [1.54, 1.807) is 36.4 Å². The van der Waals surface area contributed by atoms with Gasteiger partial charge in [0.05, 0.1) is 12.7 Å². The molecule has 0 spiro atoms. The van der Waals surface area contributed by atoms with E-state index in [0.29, 0.717) is 21.9 Å². The second-order valence-corrected chi connectivity index (χ2v) is 5.52. The molecule has 0 saturated carbocycles. The molecule has 0 heterocycles. The fourth-order valence-corrected chi connectivity index (χ4v) is 2.14. The molecule has 0 amide bonds. The molecule has 124 valence electrons. The van der Waals surface area contributed by atoms with Crippen molar-refractivity contribution in [2.24, 2.45) is 0 Å². The summed E-state index contributed by atoms with van der Waals surface area (Å²) in [5.41, 5.74) is 1.26. The first-order valence-electron chi connectivity index (χ1n) is 6.70. The topological polar surface area (TPSA) is 9.23 Å². The predicted molar refractivity (Wildman–Crippen MR) is 90.3 cm³/mol. The van der Waals surface area contributed by atoms with E-state index < -0.39 is 11.2 Å². The van der Waals surface area contributed by atoms with E-state index in [4.69, 9.17) is 27.9 Å². The lowest BCUT2D eigenvalue weighted by Gasteiger charge is -2.05. The van der Waals surface area contributed by atoms with Crippen molar-refractivity contribution in [3.63, 3.8) is 0 Å². The number of rotatable bonds is 2. The molecule has 0 radical (unpaired) electrons. The zero-order valence-corrected chi connectivity index (χ0v) is 13.9. The quantitative estimate of drug-likeness (QED) is 0.598. The van der Waals surface area contributed by atoms with Crippen molar-refractivity contribution in [3.05, 3.63) is 69.2 Å². The van der Waals surface area contributed by atoms with Crippen LogP contribution in [0, 0.1) is 11.8 Å². The third kappa shape index (κ3) is 4.70. The van der Waals surface area contributed by atoms with Crippen LogP contribution < -0.4 is 4.74 Å². The summed E-state index contributed by atoms with van der Waals surface area (Å²) in [5, 5.41) is -0.710. The van der Waals surface area contributed by atoms with E-state index in [1.807, 2.05) is 0 Å². The highest BCUT2D eigenvalue weighted by molar-refractivity contribution is 6.32. The van der Waals surface area contributed by atoms with Gasteiger partial charge in [0, 0.05) is 16.7 Å². The fourth-order valence-electron chi connectivity index (χ4n) is 1.86. The van der Waals surface area contributed by atoms with Crippen LogP contribution in [0.4, 0.5) is 13.2 Å². The van der Waals surface area contributed by atoms with Gasteiger partial charge in [-0.25, -0.2) is 0 Å². The van der Waals surface area contributed by atoms with Crippen molar-refractivity contribution in [2.45, 2.75) is 6.18 Å². The summed E-state index contributed by atoms with van der Waals surface area (Å²) in [5.74, 6) is 6.19. The standard InChI is InChI=1S/C18H11Cl2F3O/c1-24-16-11-15(19)9-8-13(16)7-6-12-4-2-3-5-14(12)10-17(20)18(21,22)23/h2-5,8-11H,1H3/b17-10+. The Bertz CT molecular complexity index is 830. The molecule has 0 saturated heterocycles. The van der Waals surface area contributed by atoms with Gasteiger partial charge < -0.3 is 4.74 Å². The molecule has 2 aromatic carbocycles. The summed E-state index contributed by atoms with van der Waals surface area (Å²) in [6, 6.07) is 11.4. The highest BCUT2D eigenvalue weighted by atomic mass is 35.5. The molecule has 0 aliphatic rings. The lowest BCUT2D eigenvalue weighted by Crippen LogP contribution is -2.06. The van der Waals surface area contributed by atoms with Gasteiger partial charge in [-0.3, -0.25) is 0 Å². The average molecular weight is 371 g/mol. The van der Waals surface area contributed by atoms with E-state index in [-0.39, 0.29) is 5.56 Å². The Morgan fingerprint density at radius 3 is 2.42 bits per heavy atom. The Morgan fingerprint density at radius 1 is 1.08 bits per heavy atom. The highest BCUT2D eigenvalue weighted by Gasteiger charge is 2.32. The van der Waals surface area contributed by atoms with Crippen LogP contribution in [0.1, 0.15) is 16.7 Å². The summed E-state index contributed by atoms with van der Waals surface area (Å²) in [7, 11) is 1.48. The SMILES string of the molecule is COc1cc(Cl)ccc1C#Cc1ccccc1/C=C(/Cl)C(F)(F)F. The Morgan fingerprint density at radius 2 is 1.75 bits per heavy atom. The van der Waals surface area contributed by atoms with Crippen LogP contribution in [0.3, 0.4) is 0 Å². The molecular formula is C18H11Cl2F3O. The second-order valence-electron chi connectivity index (χ2n) is 4.67. The second kappa shape index (κ2) is 7.65. The van der Waals surface area contributed by atoms with Crippen molar-refractivity contribution >= 4 is 29.3 Å². The minimum absolute atomic E-state index is 0.278. The maximum atomic E-state index is 12.6. The molecular weight excluding hydrogens is 360 g/mol. The Hall–Kier alpha value is -2.09. The normalized spacial score (nSPS) is 11.7. The largest absolute Gasteiger partial charge is 0.495 e. The van der Waals surface area contributed by atoms with Gasteiger partial charge in [0.1, 0.15) is 10.8 Å². The summed E-state index contributed by atoms with van der Waals surface area (Å²) in [6.45, 7) is 0. The smallest absolute Gasteiger partial charge is 0.426 e. The zero-order valence-electron chi connectivity index (χ0n) is 12.4. The molecule has 0 aromatic heterocycles. The predicted octanol–water partition coefficient (Wildman–Crippen LogP) is 5.89. The van der Waals surface area contributed by atoms with Crippen LogP contribution in [0.15, 0.2) is 47.5 Å². The Labute approximate surface area is 147 Å². The lowest BCUT2D eigenvalue weighted by atomic mass is 10.1. The number of methoxy groups -OCH3 is 1. The summed E-state index contributed by atoms with van der Waals surface area (Å²) < 4.78 is 43.0. The van der Waals surface area contributed by atoms with Crippen LogP contribution in [0.2, 0.25) is 5.02 Å². The average Bonchev–Trinajstić information content (AvgIpc) is 2.53. The molecule has 0 bridgehead atoms. The van der Waals surface area contributed by atoms with E-state index in [9.17, 15) is 13.2 Å². The number of allylic oxidation sites excluding steroid dienone is 1. The Balaban J connectivity index is 2.43. The van der Waals surface area contributed by atoms with E-state index in [2.05, 4.69) is 11.8 Å². The van der Waals surface area contributed by atoms with Crippen LogP contribution in [-0.2, 0) is 0 Å². The van der Waals surface area contributed by atoms with Gasteiger partial charge in [-0.15, -0.1) is 0 Å².